The van der Waals surface area contributed by atoms with E-state index >= 15 is 0 Å². The van der Waals surface area contributed by atoms with E-state index in [1.165, 1.54) is 25.7 Å². The first-order valence-corrected chi connectivity index (χ1v) is 6.91. The van der Waals surface area contributed by atoms with E-state index in [9.17, 15) is 4.79 Å². The highest BCUT2D eigenvalue weighted by molar-refractivity contribution is 5.87. The van der Waals surface area contributed by atoms with Gasteiger partial charge in [-0.25, -0.2) is 4.79 Å². The van der Waals surface area contributed by atoms with Crippen molar-refractivity contribution in [3.63, 3.8) is 0 Å². The van der Waals surface area contributed by atoms with Crippen LogP contribution in [0.15, 0.2) is 12.2 Å². The summed E-state index contributed by atoms with van der Waals surface area (Å²) in [5, 5.41) is 0. The molecule has 0 N–H and O–H groups in total. The van der Waals surface area contributed by atoms with Crippen LogP contribution in [0.4, 0.5) is 0 Å². The van der Waals surface area contributed by atoms with E-state index in [2.05, 4.69) is 20.4 Å². The maximum absolute atomic E-state index is 11.6. The average Bonchev–Trinajstić information content (AvgIpc) is 2.29. The minimum absolute atomic E-state index is 0.108. The number of ether oxygens (including phenoxy) is 1. The monoisotopic (exact) mass is 238 g/mol. The molecular formula is C15H26O2. The molecule has 1 aliphatic rings. The lowest BCUT2D eigenvalue weighted by molar-refractivity contribution is -0.148. The Labute approximate surface area is 105 Å². The summed E-state index contributed by atoms with van der Waals surface area (Å²) in [6.07, 6.45) is 7.12. The van der Waals surface area contributed by atoms with Gasteiger partial charge in [-0.3, -0.25) is 0 Å². The van der Waals surface area contributed by atoms with Crippen LogP contribution in [0.25, 0.3) is 0 Å². The summed E-state index contributed by atoms with van der Waals surface area (Å²) in [4.78, 5) is 11.6. The van der Waals surface area contributed by atoms with Gasteiger partial charge in [-0.2, -0.15) is 0 Å². The number of carbonyl (C=O) groups excluding carboxylic acids is 1. The molecule has 0 aliphatic heterocycles. The van der Waals surface area contributed by atoms with Gasteiger partial charge in [0.25, 0.3) is 0 Å². The molecule has 1 unspecified atom stereocenters. The van der Waals surface area contributed by atoms with Crippen molar-refractivity contribution in [1.82, 2.24) is 0 Å². The summed E-state index contributed by atoms with van der Waals surface area (Å²) < 4.78 is 5.59. The Morgan fingerprint density at radius 2 is 1.94 bits per heavy atom. The predicted molar refractivity (Wildman–Crippen MR) is 70.7 cm³/mol. The van der Waals surface area contributed by atoms with E-state index in [1.54, 1.807) is 6.92 Å². The van der Waals surface area contributed by atoms with Gasteiger partial charge >= 0.3 is 5.97 Å². The third kappa shape index (κ3) is 4.53. The highest BCUT2D eigenvalue weighted by Crippen LogP contribution is 2.33. The van der Waals surface area contributed by atoms with Gasteiger partial charge in [0.15, 0.2) is 0 Å². The third-order valence-corrected chi connectivity index (χ3v) is 3.77. The fraction of sp³-hybridized carbons (Fsp3) is 0.800. The second kappa shape index (κ2) is 6.83. The number of hydrogen-bond acceptors (Lipinski definition) is 2. The highest BCUT2D eigenvalue weighted by Gasteiger charge is 2.28. The van der Waals surface area contributed by atoms with Crippen molar-refractivity contribution in [3.05, 3.63) is 12.2 Å². The first-order valence-electron chi connectivity index (χ1n) is 6.91. The second-order valence-electron chi connectivity index (χ2n) is 5.53. The van der Waals surface area contributed by atoms with Gasteiger partial charge in [0, 0.05) is 5.57 Å². The fourth-order valence-electron chi connectivity index (χ4n) is 2.57. The Balaban J connectivity index is 2.52. The standard InChI is InChI=1S/C15H26O2/c1-5-6-14(17-15(16)11(2)3)13-9-7-12(4)8-10-13/h12-14H,2,5-10H2,1,3-4H3. The van der Waals surface area contributed by atoms with Crippen LogP contribution in [0, 0.1) is 11.8 Å². The van der Waals surface area contributed by atoms with Gasteiger partial charge in [0.2, 0.25) is 0 Å². The normalized spacial score (nSPS) is 26.3. The summed E-state index contributed by atoms with van der Waals surface area (Å²) in [6.45, 7) is 9.82. The Morgan fingerprint density at radius 1 is 1.35 bits per heavy atom. The first kappa shape index (κ1) is 14.3. The Kier molecular flexibility index (Phi) is 5.73. The SMILES string of the molecule is C=C(C)C(=O)OC(CCC)C1CCC(C)CC1. The molecule has 1 rings (SSSR count). The van der Waals surface area contributed by atoms with Gasteiger partial charge < -0.3 is 4.74 Å². The molecule has 0 radical (unpaired) electrons. The zero-order chi connectivity index (χ0) is 12.8. The lowest BCUT2D eigenvalue weighted by atomic mass is 9.79. The van der Waals surface area contributed by atoms with Gasteiger partial charge in [-0.05, 0) is 38.0 Å². The Bertz CT molecular complexity index is 262. The molecule has 1 aliphatic carbocycles. The summed E-state index contributed by atoms with van der Waals surface area (Å²) in [5.41, 5.74) is 0.510. The van der Waals surface area contributed by atoms with Crippen LogP contribution in [0.5, 0.6) is 0 Å². The number of carbonyl (C=O) groups is 1. The maximum Gasteiger partial charge on any atom is 0.333 e. The highest BCUT2D eigenvalue weighted by atomic mass is 16.5. The quantitative estimate of drug-likeness (QED) is 0.532. The molecule has 0 bridgehead atoms. The molecule has 98 valence electrons. The minimum Gasteiger partial charge on any atom is -0.459 e. The smallest absolute Gasteiger partial charge is 0.333 e. The lowest BCUT2D eigenvalue weighted by Crippen LogP contribution is -2.30. The molecule has 0 heterocycles. The first-order chi connectivity index (χ1) is 8.04. The van der Waals surface area contributed by atoms with E-state index in [-0.39, 0.29) is 12.1 Å². The van der Waals surface area contributed by atoms with E-state index < -0.39 is 0 Å². The predicted octanol–water partition coefficient (Wildman–Crippen LogP) is 4.10. The molecular weight excluding hydrogens is 212 g/mol. The van der Waals surface area contributed by atoms with Crippen molar-refractivity contribution in [2.75, 3.05) is 0 Å². The number of esters is 1. The molecule has 0 saturated heterocycles. The molecule has 2 heteroatoms. The van der Waals surface area contributed by atoms with Crippen LogP contribution < -0.4 is 0 Å². The van der Waals surface area contributed by atoms with Crippen molar-refractivity contribution < 1.29 is 9.53 Å². The van der Waals surface area contributed by atoms with Gasteiger partial charge in [0.1, 0.15) is 6.10 Å². The Hall–Kier alpha value is -0.790. The van der Waals surface area contributed by atoms with Crippen molar-refractivity contribution in [2.24, 2.45) is 11.8 Å². The molecule has 1 atom stereocenters. The molecule has 2 nitrogen and oxygen atoms in total. The van der Waals surface area contributed by atoms with Crippen LogP contribution in [-0.4, -0.2) is 12.1 Å². The van der Waals surface area contributed by atoms with Crippen molar-refractivity contribution in [3.8, 4) is 0 Å². The van der Waals surface area contributed by atoms with Gasteiger partial charge in [0.05, 0.1) is 0 Å². The molecule has 17 heavy (non-hydrogen) atoms. The van der Waals surface area contributed by atoms with Gasteiger partial charge in [-0.1, -0.05) is 39.7 Å². The van der Waals surface area contributed by atoms with Crippen LogP contribution in [-0.2, 0) is 9.53 Å². The Morgan fingerprint density at radius 3 is 2.41 bits per heavy atom. The van der Waals surface area contributed by atoms with E-state index in [0.717, 1.165) is 18.8 Å². The molecule has 1 fully saturated rings. The van der Waals surface area contributed by atoms with Gasteiger partial charge in [-0.15, -0.1) is 0 Å². The number of hydrogen-bond donors (Lipinski definition) is 0. The molecule has 0 aromatic heterocycles. The van der Waals surface area contributed by atoms with E-state index in [1.807, 2.05) is 0 Å². The zero-order valence-electron chi connectivity index (χ0n) is 11.5. The van der Waals surface area contributed by atoms with E-state index in [0.29, 0.717) is 11.5 Å². The van der Waals surface area contributed by atoms with E-state index in [4.69, 9.17) is 4.74 Å². The fourth-order valence-corrected chi connectivity index (χ4v) is 2.57. The van der Waals surface area contributed by atoms with Crippen LogP contribution >= 0.6 is 0 Å². The molecule has 0 amide bonds. The molecule has 1 saturated carbocycles. The topological polar surface area (TPSA) is 26.3 Å². The maximum atomic E-state index is 11.6. The van der Waals surface area contributed by atoms with Crippen molar-refractivity contribution in [1.29, 1.82) is 0 Å². The zero-order valence-corrected chi connectivity index (χ0v) is 11.5. The molecule has 0 aromatic carbocycles. The summed E-state index contributed by atoms with van der Waals surface area (Å²) in [6, 6.07) is 0. The largest absolute Gasteiger partial charge is 0.459 e. The average molecular weight is 238 g/mol. The molecule has 0 aromatic rings. The summed E-state index contributed by atoms with van der Waals surface area (Å²) in [5.74, 6) is 1.18. The van der Waals surface area contributed by atoms with Crippen LogP contribution in [0.1, 0.15) is 59.3 Å². The third-order valence-electron chi connectivity index (χ3n) is 3.77. The minimum atomic E-state index is -0.220. The molecule has 0 spiro atoms. The van der Waals surface area contributed by atoms with Crippen molar-refractivity contribution >= 4 is 5.97 Å². The lowest BCUT2D eigenvalue weighted by Gasteiger charge is -2.32. The number of rotatable bonds is 5. The summed E-state index contributed by atoms with van der Waals surface area (Å²) >= 11 is 0. The second-order valence-corrected chi connectivity index (χ2v) is 5.53. The summed E-state index contributed by atoms with van der Waals surface area (Å²) in [7, 11) is 0. The van der Waals surface area contributed by atoms with Crippen molar-refractivity contribution in [2.45, 2.75) is 65.4 Å². The van der Waals surface area contributed by atoms with Crippen LogP contribution in [0.2, 0.25) is 0 Å². The van der Waals surface area contributed by atoms with Crippen LogP contribution in [0.3, 0.4) is 0 Å².